The zero-order chi connectivity index (χ0) is 19.3. The molecule has 0 aliphatic carbocycles. The van der Waals surface area contributed by atoms with Gasteiger partial charge in [-0.25, -0.2) is 4.98 Å². The number of nitrogens with one attached hydrogen (secondary N) is 2. The fraction of sp³-hybridized carbons (Fsp3) is 0.158. The standard InChI is InChI=1S/C19H16ClN5OS2/c20-13-6-7-14-15(10-13)22-16(23-17(14)26)11-27-19-25-24-18(28-19)21-9-8-12-4-2-1-3-5-12/h1-7,10H,8-9,11H2,(H,21,24)(H,22,23,26). The number of rotatable bonds is 7. The Morgan fingerprint density at radius 2 is 2.00 bits per heavy atom. The van der Waals surface area contributed by atoms with Gasteiger partial charge in [0, 0.05) is 11.6 Å². The molecule has 0 saturated carbocycles. The van der Waals surface area contributed by atoms with Crippen LogP contribution in [-0.4, -0.2) is 26.7 Å². The molecule has 0 bridgehead atoms. The number of hydrogen-bond acceptors (Lipinski definition) is 7. The maximum absolute atomic E-state index is 12.2. The molecular formula is C19H16ClN5OS2. The molecule has 0 amide bonds. The number of halogens is 1. The smallest absolute Gasteiger partial charge is 0.258 e. The summed E-state index contributed by atoms with van der Waals surface area (Å²) in [5.41, 5.74) is 1.70. The minimum Gasteiger partial charge on any atom is -0.360 e. The zero-order valence-corrected chi connectivity index (χ0v) is 17.1. The minimum atomic E-state index is -0.169. The molecule has 2 aromatic heterocycles. The molecule has 9 heteroatoms. The van der Waals surface area contributed by atoms with E-state index in [1.165, 1.54) is 28.7 Å². The van der Waals surface area contributed by atoms with E-state index in [1.54, 1.807) is 18.2 Å². The molecule has 0 aliphatic heterocycles. The number of nitrogens with zero attached hydrogens (tertiary/aromatic N) is 3. The van der Waals surface area contributed by atoms with Crippen LogP contribution in [0, 0.1) is 0 Å². The van der Waals surface area contributed by atoms with Crippen LogP contribution in [0.3, 0.4) is 0 Å². The Morgan fingerprint density at radius 3 is 2.86 bits per heavy atom. The number of H-pyrrole nitrogens is 1. The molecule has 2 heterocycles. The quantitative estimate of drug-likeness (QED) is 0.424. The second-order valence-electron chi connectivity index (χ2n) is 6.00. The molecule has 0 radical (unpaired) electrons. The van der Waals surface area contributed by atoms with Crippen LogP contribution in [0.4, 0.5) is 5.13 Å². The predicted molar refractivity (Wildman–Crippen MR) is 115 cm³/mol. The van der Waals surface area contributed by atoms with Crippen molar-refractivity contribution in [2.75, 3.05) is 11.9 Å². The van der Waals surface area contributed by atoms with Crippen LogP contribution in [0.2, 0.25) is 5.02 Å². The van der Waals surface area contributed by atoms with E-state index < -0.39 is 0 Å². The maximum Gasteiger partial charge on any atom is 0.258 e. The third-order valence-electron chi connectivity index (χ3n) is 3.99. The summed E-state index contributed by atoms with van der Waals surface area (Å²) < 4.78 is 0.816. The molecule has 0 unspecified atom stereocenters. The van der Waals surface area contributed by atoms with Crippen molar-refractivity contribution in [2.24, 2.45) is 0 Å². The number of aromatic nitrogens is 4. The highest BCUT2D eigenvalue weighted by Gasteiger charge is 2.08. The Labute approximate surface area is 174 Å². The summed E-state index contributed by atoms with van der Waals surface area (Å²) in [4.78, 5) is 19.5. The van der Waals surface area contributed by atoms with Crippen molar-refractivity contribution < 1.29 is 0 Å². The third-order valence-corrected chi connectivity index (χ3v) is 6.25. The van der Waals surface area contributed by atoms with E-state index in [4.69, 9.17) is 11.6 Å². The summed E-state index contributed by atoms with van der Waals surface area (Å²) in [7, 11) is 0. The highest BCUT2D eigenvalue weighted by Crippen LogP contribution is 2.27. The molecular weight excluding hydrogens is 414 g/mol. The van der Waals surface area contributed by atoms with Crippen LogP contribution in [0.15, 0.2) is 57.7 Å². The van der Waals surface area contributed by atoms with Gasteiger partial charge in [0.2, 0.25) is 5.13 Å². The van der Waals surface area contributed by atoms with Crippen molar-refractivity contribution in [3.8, 4) is 0 Å². The monoisotopic (exact) mass is 429 g/mol. The maximum atomic E-state index is 12.2. The lowest BCUT2D eigenvalue weighted by atomic mass is 10.2. The summed E-state index contributed by atoms with van der Waals surface area (Å²) in [5, 5.41) is 13.5. The minimum absolute atomic E-state index is 0.169. The predicted octanol–water partition coefficient (Wildman–Crippen LogP) is 4.37. The molecule has 2 aromatic carbocycles. The normalized spacial score (nSPS) is 11.0. The van der Waals surface area contributed by atoms with Gasteiger partial charge in [-0.2, -0.15) is 0 Å². The molecule has 0 aliphatic rings. The van der Waals surface area contributed by atoms with E-state index in [0.29, 0.717) is 27.5 Å². The van der Waals surface area contributed by atoms with Gasteiger partial charge in [0.05, 0.1) is 16.7 Å². The highest BCUT2D eigenvalue weighted by atomic mass is 35.5. The van der Waals surface area contributed by atoms with E-state index in [1.807, 2.05) is 18.2 Å². The molecule has 0 saturated heterocycles. The van der Waals surface area contributed by atoms with Gasteiger partial charge in [-0.3, -0.25) is 4.79 Å². The van der Waals surface area contributed by atoms with Gasteiger partial charge >= 0.3 is 0 Å². The van der Waals surface area contributed by atoms with Crippen molar-refractivity contribution in [1.29, 1.82) is 0 Å². The van der Waals surface area contributed by atoms with Gasteiger partial charge in [-0.1, -0.05) is 65.0 Å². The van der Waals surface area contributed by atoms with Crippen LogP contribution in [0.5, 0.6) is 0 Å². The molecule has 142 valence electrons. The molecule has 0 fully saturated rings. The highest BCUT2D eigenvalue weighted by molar-refractivity contribution is 8.00. The van der Waals surface area contributed by atoms with E-state index >= 15 is 0 Å². The van der Waals surface area contributed by atoms with Crippen LogP contribution < -0.4 is 10.9 Å². The Balaban J connectivity index is 1.35. The SMILES string of the molecule is O=c1[nH]c(CSc2nnc(NCCc3ccccc3)s2)nc2cc(Cl)ccc12. The fourth-order valence-electron chi connectivity index (χ4n) is 2.66. The summed E-state index contributed by atoms with van der Waals surface area (Å²) >= 11 is 8.97. The van der Waals surface area contributed by atoms with Gasteiger partial charge in [0.15, 0.2) is 4.34 Å². The average Bonchev–Trinajstić information content (AvgIpc) is 3.15. The second-order valence-corrected chi connectivity index (χ2v) is 8.63. The van der Waals surface area contributed by atoms with Crippen molar-refractivity contribution in [3.05, 3.63) is 75.3 Å². The first-order valence-electron chi connectivity index (χ1n) is 8.60. The van der Waals surface area contributed by atoms with Crippen LogP contribution in [0.1, 0.15) is 11.4 Å². The van der Waals surface area contributed by atoms with E-state index in [2.05, 4.69) is 37.6 Å². The lowest BCUT2D eigenvalue weighted by molar-refractivity contribution is 0.970. The van der Waals surface area contributed by atoms with Gasteiger partial charge < -0.3 is 10.3 Å². The Morgan fingerprint density at radius 1 is 1.14 bits per heavy atom. The second kappa shape index (κ2) is 8.72. The van der Waals surface area contributed by atoms with E-state index in [9.17, 15) is 4.79 Å². The van der Waals surface area contributed by atoms with Gasteiger partial charge in [-0.05, 0) is 30.2 Å². The number of fused-ring (bicyclic) bond motifs is 1. The Hall–Kier alpha value is -2.42. The largest absolute Gasteiger partial charge is 0.360 e. The van der Waals surface area contributed by atoms with Crippen molar-refractivity contribution in [2.45, 2.75) is 16.5 Å². The molecule has 6 nitrogen and oxygen atoms in total. The third kappa shape index (κ3) is 4.70. The van der Waals surface area contributed by atoms with E-state index in [0.717, 1.165) is 22.4 Å². The molecule has 4 aromatic rings. The summed E-state index contributed by atoms with van der Waals surface area (Å²) in [6, 6.07) is 15.3. The molecule has 28 heavy (non-hydrogen) atoms. The fourth-order valence-corrected chi connectivity index (χ4v) is 4.47. The van der Waals surface area contributed by atoms with E-state index in [-0.39, 0.29) is 5.56 Å². The van der Waals surface area contributed by atoms with Gasteiger partial charge in [0.1, 0.15) is 5.82 Å². The first-order chi connectivity index (χ1) is 13.7. The topological polar surface area (TPSA) is 83.6 Å². The Kier molecular flexibility index (Phi) is 5.90. The average molecular weight is 430 g/mol. The number of benzene rings is 2. The number of thioether (sulfide) groups is 1. The number of anilines is 1. The summed E-state index contributed by atoms with van der Waals surface area (Å²) in [5.74, 6) is 1.08. The van der Waals surface area contributed by atoms with Crippen LogP contribution in [0.25, 0.3) is 10.9 Å². The lowest BCUT2D eigenvalue weighted by Gasteiger charge is -2.02. The van der Waals surface area contributed by atoms with Crippen molar-refractivity contribution >= 4 is 50.7 Å². The number of hydrogen-bond donors (Lipinski definition) is 2. The van der Waals surface area contributed by atoms with Crippen molar-refractivity contribution in [1.82, 2.24) is 20.2 Å². The molecule has 0 atom stereocenters. The molecule has 0 spiro atoms. The summed E-state index contributed by atoms with van der Waals surface area (Å²) in [6.45, 7) is 0.795. The summed E-state index contributed by atoms with van der Waals surface area (Å²) in [6.07, 6.45) is 0.924. The Bertz CT molecular complexity index is 1150. The van der Waals surface area contributed by atoms with Crippen molar-refractivity contribution in [3.63, 3.8) is 0 Å². The molecule has 4 rings (SSSR count). The van der Waals surface area contributed by atoms with Gasteiger partial charge in [0.25, 0.3) is 5.56 Å². The van der Waals surface area contributed by atoms with Crippen LogP contribution >= 0.6 is 34.7 Å². The lowest BCUT2D eigenvalue weighted by Crippen LogP contribution is -2.11. The van der Waals surface area contributed by atoms with Gasteiger partial charge in [-0.15, -0.1) is 10.2 Å². The van der Waals surface area contributed by atoms with Crippen LogP contribution in [-0.2, 0) is 12.2 Å². The first kappa shape index (κ1) is 18.9. The number of aromatic amines is 1. The first-order valence-corrected chi connectivity index (χ1v) is 10.8. The molecule has 2 N–H and O–H groups in total. The zero-order valence-electron chi connectivity index (χ0n) is 14.7.